The van der Waals surface area contributed by atoms with Gasteiger partial charge in [0, 0.05) is 13.1 Å². The fourth-order valence-electron chi connectivity index (χ4n) is 2.61. The van der Waals surface area contributed by atoms with Crippen LogP contribution < -0.4 is 0 Å². The molecule has 1 aliphatic rings. The van der Waals surface area contributed by atoms with Gasteiger partial charge in [-0.1, -0.05) is 72.4 Å². The van der Waals surface area contributed by atoms with Crippen LogP contribution >= 0.6 is 11.8 Å². The van der Waals surface area contributed by atoms with Gasteiger partial charge in [0.15, 0.2) is 0 Å². The molecule has 0 radical (unpaired) electrons. The fourth-order valence-corrected chi connectivity index (χ4v) is 3.33. The molecule has 6 heteroatoms. The Morgan fingerprint density at radius 2 is 1.44 bits per heavy atom. The summed E-state index contributed by atoms with van der Waals surface area (Å²) < 4.78 is 0. The van der Waals surface area contributed by atoms with Gasteiger partial charge in [-0.05, 0) is 11.1 Å². The van der Waals surface area contributed by atoms with Crippen LogP contribution in [0, 0.1) is 0 Å². The number of thioether (sulfide) groups is 1. The van der Waals surface area contributed by atoms with Crippen molar-refractivity contribution in [2.45, 2.75) is 13.1 Å². The second-order valence-corrected chi connectivity index (χ2v) is 6.68. The van der Waals surface area contributed by atoms with Gasteiger partial charge >= 0.3 is 0 Å². The van der Waals surface area contributed by atoms with E-state index >= 15 is 0 Å². The van der Waals surface area contributed by atoms with Crippen molar-refractivity contribution in [2.75, 3.05) is 12.3 Å². The zero-order valence-electron chi connectivity index (χ0n) is 13.6. The van der Waals surface area contributed by atoms with Crippen LogP contribution in [-0.2, 0) is 22.7 Å². The lowest BCUT2D eigenvalue weighted by Gasteiger charge is -2.25. The molecule has 0 atom stereocenters. The number of carbonyl (C=O) groups excluding carboxylic acids is 3. The number of amides is 3. The molecule has 0 N–H and O–H groups in total. The highest BCUT2D eigenvalue weighted by Crippen LogP contribution is 2.19. The van der Waals surface area contributed by atoms with Crippen molar-refractivity contribution in [1.29, 1.82) is 0 Å². The Kier molecular flexibility index (Phi) is 5.50. The van der Waals surface area contributed by atoms with E-state index in [1.807, 2.05) is 60.7 Å². The van der Waals surface area contributed by atoms with Gasteiger partial charge in [-0.3, -0.25) is 19.3 Å². The normalized spacial score (nSPS) is 14.0. The second-order valence-electron chi connectivity index (χ2n) is 5.76. The molecular weight excluding hydrogens is 336 g/mol. The number of imide groups is 1. The molecule has 0 aliphatic carbocycles. The SMILES string of the molecule is O=C(CN1C(=O)CSC1=O)N(Cc1ccccc1)Cc1ccccc1. The van der Waals surface area contributed by atoms with E-state index < -0.39 is 0 Å². The van der Waals surface area contributed by atoms with Crippen molar-refractivity contribution < 1.29 is 14.4 Å². The first kappa shape index (κ1) is 17.2. The topological polar surface area (TPSA) is 57.7 Å². The minimum absolute atomic E-state index is 0.115. The molecule has 2 aromatic carbocycles. The number of hydrogen-bond acceptors (Lipinski definition) is 4. The highest BCUT2D eigenvalue weighted by atomic mass is 32.2. The smallest absolute Gasteiger partial charge is 0.289 e. The zero-order chi connectivity index (χ0) is 17.6. The number of nitrogens with zero attached hydrogens (tertiary/aromatic N) is 2. The standard InChI is InChI=1S/C19H18N2O3S/c22-17(13-21-18(23)14-25-19(21)24)20(11-15-7-3-1-4-8-15)12-16-9-5-2-6-10-16/h1-10H,11-14H2. The Morgan fingerprint density at radius 3 is 1.88 bits per heavy atom. The molecule has 3 amide bonds. The molecule has 0 spiro atoms. The van der Waals surface area contributed by atoms with Crippen LogP contribution in [0.1, 0.15) is 11.1 Å². The third-order valence-corrected chi connectivity index (χ3v) is 4.78. The number of carbonyl (C=O) groups is 3. The molecule has 25 heavy (non-hydrogen) atoms. The highest BCUT2D eigenvalue weighted by Gasteiger charge is 2.32. The minimum Gasteiger partial charge on any atom is -0.332 e. The first-order chi connectivity index (χ1) is 12.1. The maximum atomic E-state index is 12.8. The average Bonchev–Trinajstić information content (AvgIpc) is 2.95. The first-order valence-electron chi connectivity index (χ1n) is 7.96. The third kappa shape index (κ3) is 4.48. The van der Waals surface area contributed by atoms with E-state index in [0.717, 1.165) is 27.8 Å². The lowest BCUT2D eigenvalue weighted by atomic mass is 10.1. The van der Waals surface area contributed by atoms with Crippen molar-refractivity contribution in [3.63, 3.8) is 0 Å². The van der Waals surface area contributed by atoms with E-state index in [1.54, 1.807) is 4.90 Å². The van der Waals surface area contributed by atoms with Crippen LogP contribution in [0.15, 0.2) is 60.7 Å². The molecule has 1 saturated heterocycles. The molecule has 0 aromatic heterocycles. The van der Waals surface area contributed by atoms with Gasteiger partial charge in [0.1, 0.15) is 6.54 Å². The summed E-state index contributed by atoms with van der Waals surface area (Å²) in [5.41, 5.74) is 2.00. The highest BCUT2D eigenvalue weighted by molar-refractivity contribution is 8.14. The summed E-state index contributed by atoms with van der Waals surface area (Å²) in [5, 5.41) is -0.349. The quantitative estimate of drug-likeness (QED) is 0.800. The van der Waals surface area contributed by atoms with Crippen LogP contribution in [0.3, 0.4) is 0 Å². The van der Waals surface area contributed by atoms with E-state index in [4.69, 9.17) is 0 Å². The largest absolute Gasteiger partial charge is 0.332 e. The maximum Gasteiger partial charge on any atom is 0.289 e. The first-order valence-corrected chi connectivity index (χ1v) is 8.95. The van der Waals surface area contributed by atoms with Gasteiger partial charge in [-0.25, -0.2) is 0 Å². The van der Waals surface area contributed by atoms with E-state index in [1.165, 1.54) is 0 Å². The molecule has 1 heterocycles. The molecular formula is C19H18N2O3S. The van der Waals surface area contributed by atoms with Crippen LogP contribution in [0.4, 0.5) is 4.79 Å². The van der Waals surface area contributed by atoms with E-state index in [9.17, 15) is 14.4 Å². The van der Waals surface area contributed by atoms with Crippen LogP contribution in [0.2, 0.25) is 0 Å². The van der Waals surface area contributed by atoms with Gasteiger partial charge in [-0.15, -0.1) is 0 Å². The van der Waals surface area contributed by atoms with E-state index in [0.29, 0.717) is 13.1 Å². The van der Waals surface area contributed by atoms with Crippen molar-refractivity contribution >= 4 is 28.8 Å². The van der Waals surface area contributed by atoms with Crippen molar-refractivity contribution in [1.82, 2.24) is 9.80 Å². The number of rotatable bonds is 6. The summed E-state index contributed by atoms with van der Waals surface area (Å²) in [6.07, 6.45) is 0. The summed E-state index contributed by atoms with van der Waals surface area (Å²) in [4.78, 5) is 39.0. The molecule has 3 rings (SSSR count). The van der Waals surface area contributed by atoms with Crippen LogP contribution in [0.25, 0.3) is 0 Å². The Bertz CT molecular complexity index is 707. The van der Waals surface area contributed by atoms with E-state index in [-0.39, 0.29) is 29.4 Å². The number of hydrogen-bond donors (Lipinski definition) is 0. The van der Waals surface area contributed by atoms with Gasteiger partial charge in [0.05, 0.1) is 5.75 Å². The summed E-state index contributed by atoms with van der Waals surface area (Å²) in [7, 11) is 0. The molecule has 0 unspecified atom stereocenters. The van der Waals surface area contributed by atoms with Gasteiger partial charge in [0.2, 0.25) is 11.8 Å². The Morgan fingerprint density at radius 1 is 0.920 bits per heavy atom. The summed E-state index contributed by atoms with van der Waals surface area (Å²) in [6, 6.07) is 19.3. The lowest BCUT2D eigenvalue weighted by Crippen LogP contribution is -2.41. The maximum absolute atomic E-state index is 12.8. The molecule has 1 aliphatic heterocycles. The minimum atomic E-state index is -0.349. The molecule has 2 aromatic rings. The molecule has 5 nitrogen and oxygen atoms in total. The fraction of sp³-hybridized carbons (Fsp3) is 0.211. The van der Waals surface area contributed by atoms with Gasteiger partial charge < -0.3 is 4.90 Å². The van der Waals surface area contributed by atoms with Crippen molar-refractivity contribution in [3.05, 3.63) is 71.8 Å². The average molecular weight is 354 g/mol. The molecule has 1 fully saturated rings. The predicted molar refractivity (Wildman–Crippen MR) is 96.7 cm³/mol. The lowest BCUT2D eigenvalue weighted by molar-refractivity contribution is -0.137. The Labute approximate surface area is 150 Å². The van der Waals surface area contributed by atoms with Gasteiger partial charge in [0.25, 0.3) is 5.24 Å². The Balaban J connectivity index is 1.76. The molecule has 0 bridgehead atoms. The zero-order valence-corrected chi connectivity index (χ0v) is 14.4. The van der Waals surface area contributed by atoms with Crippen LogP contribution in [-0.4, -0.2) is 39.2 Å². The molecule has 128 valence electrons. The monoisotopic (exact) mass is 354 g/mol. The summed E-state index contributed by atoms with van der Waals surface area (Å²) in [6.45, 7) is 0.653. The van der Waals surface area contributed by atoms with E-state index in [2.05, 4.69) is 0 Å². The van der Waals surface area contributed by atoms with Crippen molar-refractivity contribution in [2.24, 2.45) is 0 Å². The predicted octanol–water partition coefficient (Wildman–Crippen LogP) is 2.91. The second kappa shape index (κ2) is 7.98. The van der Waals surface area contributed by atoms with Crippen molar-refractivity contribution in [3.8, 4) is 0 Å². The van der Waals surface area contributed by atoms with Crippen LogP contribution in [0.5, 0.6) is 0 Å². The Hall–Kier alpha value is -2.60. The summed E-state index contributed by atoms with van der Waals surface area (Å²) in [5.74, 6) is -0.427. The summed E-state index contributed by atoms with van der Waals surface area (Å²) >= 11 is 0.942. The third-order valence-electron chi connectivity index (χ3n) is 3.92. The van der Waals surface area contributed by atoms with Gasteiger partial charge in [-0.2, -0.15) is 0 Å². The molecule has 0 saturated carbocycles. The number of benzene rings is 2.